The van der Waals surface area contributed by atoms with Crippen molar-refractivity contribution in [2.75, 3.05) is 54.4 Å². The molecule has 40 heavy (non-hydrogen) atoms. The molecule has 0 unspecified atom stereocenters. The van der Waals surface area contributed by atoms with E-state index < -0.39 is 23.5 Å². The number of anilines is 4. The van der Waals surface area contributed by atoms with Gasteiger partial charge in [0.15, 0.2) is 0 Å². The molecule has 0 spiro atoms. The summed E-state index contributed by atoms with van der Waals surface area (Å²) in [6.45, 7) is 3.51. The van der Waals surface area contributed by atoms with E-state index in [0.717, 1.165) is 36.9 Å². The van der Waals surface area contributed by atoms with E-state index >= 15 is 0 Å². The number of rotatable bonds is 4. The summed E-state index contributed by atoms with van der Waals surface area (Å²) in [5.74, 6) is 0.882. The Balaban J connectivity index is 1.49. The van der Waals surface area contributed by atoms with E-state index in [4.69, 9.17) is 9.97 Å². The molecule has 1 fully saturated rings. The van der Waals surface area contributed by atoms with Crippen molar-refractivity contribution in [1.29, 1.82) is 0 Å². The second kappa shape index (κ2) is 11.5. The molecule has 2 aliphatic heterocycles. The minimum atomic E-state index is -4.53. The van der Waals surface area contributed by atoms with Gasteiger partial charge in [-0.25, -0.2) is 9.97 Å². The first kappa shape index (κ1) is 27.9. The van der Waals surface area contributed by atoms with Crippen LogP contribution in [0.15, 0.2) is 42.6 Å². The molecule has 0 saturated carbocycles. The van der Waals surface area contributed by atoms with Gasteiger partial charge in [-0.2, -0.15) is 31.3 Å². The summed E-state index contributed by atoms with van der Waals surface area (Å²) in [7, 11) is 0. The standard InChI is InChI=1S/C27H29F6N7/c28-26(29,30)18-6-8-19(9-7-18)36-23-20-4-1-2-14-39(24-21(27(31,32)33)5-3-11-35-24)15-10-22(20)37-25(38-23)40-16-12-34-13-17-40/h3,5-9,11,34H,1-2,4,10,12-17H2,(H,36,37,38). The maximum absolute atomic E-state index is 13.7. The van der Waals surface area contributed by atoms with Gasteiger partial charge in [-0.15, -0.1) is 0 Å². The lowest BCUT2D eigenvalue weighted by molar-refractivity contribution is -0.138. The van der Waals surface area contributed by atoms with Crippen LogP contribution in [-0.2, 0) is 25.2 Å². The lowest BCUT2D eigenvalue weighted by atomic mass is 10.1. The number of alkyl halides is 6. The van der Waals surface area contributed by atoms with Gasteiger partial charge in [0.25, 0.3) is 0 Å². The third-order valence-electron chi connectivity index (χ3n) is 7.07. The van der Waals surface area contributed by atoms with Crippen molar-refractivity contribution in [3.05, 3.63) is 65.0 Å². The summed E-state index contributed by atoms with van der Waals surface area (Å²) in [4.78, 5) is 17.4. The predicted octanol–water partition coefficient (Wildman–Crippen LogP) is 5.45. The Labute approximate surface area is 227 Å². The highest BCUT2D eigenvalue weighted by Gasteiger charge is 2.36. The molecule has 7 nitrogen and oxygen atoms in total. The average Bonchev–Trinajstić information content (AvgIpc) is 3.03. The lowest BCUT2D eigenvalue weighted by Gasteiger charge is -2.29. The van der Waals surface area contributed by atoms with Crippen molar-refractivity contribution in [3.63, 3.8) is 0 Å². The van der Waals surface area contributed by atoms with Crippen LogP contribution in [-0.4, -0.2) is 54.2 Å². The zero-order chi connectivity index (χ0) is 28.3. The summed E-state index contributed by atoms with van der Waals surface area (Å²) in [6.07, 6.45) is -5.41. The van der Waals surface area contributed by atoms with Crippen LogP contribution in [0.4, 0.5) is 49.6 Å². The molecule has 5 rings (SSSR count). The van der Waals surface area contributed by atoms with Crippen LogP contribution < -0.4 is 20.4 Å². The molecule has 1 aromatic carbocycles. The smallest absolute Gasteiger partial charge is 0.356 e. The van der Waals surface area contributed by atoms with Crippen molar-refractivity contribution < 1.29 is 26.3 Å². The fraction of sp³-hybridized carbons (Fsp3) is 0.444. The van der Waals surface area contributed by atoms with Gasteiger partial charge in [0.05, 0.1) is 16.8 Å². The maximum Gasteiger partial charge on any atom is 0.419 e. The monoisotopic (exact) mass is 565 g/mol. The number of nitrogens with one attached hydrogen (secondary N) is 2. The molecule has 3 aromatic rings. The predicted molar refractivity (Wildman–Crippen MR) is 140 cm³/mol. The SMILES string of the molecule is FC(F)(F)c1ccc(Nc2nc(N3CCNCC3)nc3c2CCCCN(c2ncccc2C(F)(F)F)CC3)cc1. The highest BCUT2D eigenvalue weighted by atomic mass is 19.4. The number of piperazine rings is 1. The van der Waals surface area contributed by atoms with Crippen LogP contribution in [0.1, 0.15) is 35.2 Å². The molecule has 0 amide bonds. The molecule has 214 valence electrons. The molecule has 2 N–H and O–H groups in total. The number of fused-ring (bicyclic) bond motifs is 1. The van der Waals surface area contributed by atoms with Crippen LogP contribution in [0.2, 0.25) is 0 Å². The van der Waals surface area contributed by atoms with Gasteiger partial charge >= 0.3 is 12.4 Å². The zero-order valence-corrected chi connectivity index (χ0v) is 21.6. The highest BCUT2D eigenvalue weighted by molar-refractivity contribution is 5.63. The topological polar surface area (TPSA) is 69.2 Å². The minimum absolute atomic E-state index is 0.0991. The summed E-state index contributed by atoms with van der Waals surface area (Å²) in [6, 6.07) is 7.07. The van der Waals surface area contributed by atoms with Gasteiger partial charge in [-0.05, 0) is 55.7 Å². The second-order valence-electron chi connectivity index (χ2n) is 9.80. The highest BCUT2D eigenvalue weighted by Crippen LogP contribution is 2.36. The number of hydrogen-bond donors (Lipinski definition) is 2. The van der Waals surface area contributed by atoms with Crippen molar-refractivity contribution in [2.24, 2.45) is 0 Å². The van der Waals surface area contributed by atoms with Crippen LogP contribution in [0, 0.1) is 0 Å². The first-order valence-electron chi connectivity index (χ1n) is 13.2. The van der Waals surface area contributed by atoms with E-state index in [2.05, 4.69) is 15.6 Å². The van der Waals surface area contributed by atoms with Crippen LogP contribution in [0.3, 0.4) is 0 Å². The van der Waals surface area contributed by atoms with E-state index in [0.29, 0.717) is 68.5 Å². The Morgan fingerprint density at radius 1 is 0.775 bits per heavy atom. The third-order valence-corrected chi connectivity index (χ3v) is 7.07. The molecule has 1 saturated heterocycles. The fourth-order valence-corrected chi connectivity index (χ4v) is 5.01. The van der Waals surface area contributed by atoms with Crippen molar-refractivity contribution in [2.45, 2.75) is 38.0 Å². The largest absolute Gasteiger partial charge is 0.419 e. The van der Waals surface area contributed by atoms with Crippen molar-refractivity contribution >= 4 is 23.3 Å². The normalized spacial score (nSPS) is 17.1. The Morgan fingerprint density at radius 3 is 2.23 bits per heavy atom. The summed E-state index contributed by atoms with van der Waals surface area (Å²) >= 11 is 0. The second-order valence-corrected chi connectivity index (χ2v) is 9.80. The van der Waals surface area contributed by atoms with E-state index in [1.165, 1.54) is 24.4 Å². The number of hydrogen-bond acceptors (Lipinski definition) is 7. The minimum Gasteiger partial charge on any atom is -0.356 e. The van der Waals surface area contributed by atoms with Gasteiger partial charge in [0.2, 0.25) is 5.95 Å². The number of pyridine rings is 1. The number of halogens is 6. The fourth-order valence-electron chi connectivity index (χ4n) is 5.01. The molecule has 13 heteroatoms. The molecule has 0 bridgehead atoms. The van der Waals surface area contributed by atoms with Crippen LogP contribution >= 0.6 is 0 Å². The Morgan fingerprint density at radius 2 is 1.52 bits per heavy atom. The lowest BCUT2D eigenvalue weighted by Crippen LogP contribution is -2.44. The molecular formula is C27H29F6N7. The van der Waals surface area contributed by atoms with Gasteiger partial charge in [0.1, 0.15) is 11.6 Å². The summed E-state index contributed by atoms with van der Waals surface area (Å²) in [5.41, 5.74) is 0.446. The molecule has 2 aromatic heterocycles. The first-order chi connectivity index (χ1) is 19.1. The molecule has 4 heterocycles. The maximum atomic E-state index is 13.7. The number of benzene rings is 1. The van der Waals surface area contributed by atoms with Gasteiger partial charge in [0, 0.05) is 63.1 Å². The van der Waals surface area contributed by atoms with Crippen molar-refractivity contribution in [1.82, 2.24) is 20.3 Å². The van der Waals surface area contributed by atoms with E-state index in [1.807, 2.05) is 4.90 Å². The number of aromatic nitrogens is 3. The Kier molecular flexibility index (Phi) is 8.02. The molecule has 2 aliphatic rings. The number of nitrogens with zero attached hydrogens (tertiary/aromatic N) is 5. The van der Waals surface area contributed by atoms with E-state index in [1.54, 1.807) is 4.90 Å². The first-order valence-corrected chi connectivity index (χ1v) is 13.2. The Bertz CT molecular complexity index is 1300. The third kappa shape index (κ3) is 6.40. The van der Waals surface area contributed by atoms with Crippen LogP contribution in [0.5, 0.6) is 0 Å². The summed E-state index contributed by atoms with van der Waals surface area (Å²) in [5, 5.41) is 6.47. The van der Waals surface area contributed by atoms with E-state index in [-0.39, 0.29) is 12.4 Å². The molecule has 0 atom stereocenters. The average molecular weight is 566 g/mol. The Hall–Kier alpha value is -3.61. The molecular weight excluding hydrogens is 536 g/mol. The van der Waals surface area contributed by atoms with E-state index in [9.17, 15) is 26.3 Å². The quantitative estimate of drug-likeness (QED) is 0.408. The molecule has 0 radical (unpaired) electrons. The summed E-state index contributed by atoms with van der Waals surface area (Å²) < 4.78 is 80.5. The van der Waals surface area contributed by atoms with Gasteiger partial charge in [-0.3, -0.25) is 0 Å². The van der Waals surface area contributed by atoms with Crippen LogP contribution in [0.25, 0.3) is 0 Å². The molecule has 0 aliphatic carbocycles. The van der Waals surface area contributed by atoms with Crippen molar-refractivity contribution in [3.8, 4) is 0 Å². The van der Waals surface area contributed by atoms with Gasteiger partial charge < -0.3 is 20.4 Å². The van der Waals surface area contributed by atoms with Gasteiger partial charge in [-0.1, -0.05) is 0 Å². The zero-order valence-electron chi connectivity index (χ0n) is 21.6.